The van der Waals surface area contributed by atoms with Crippen molar-refractivity contribution in [2.45, 2.75) is 12.6 Å². The smallest absolute Gasteiger partial charge is 0.0762 e. The third-order valence-electron chi connectivity index (χ3n) is 1.78. The number of hydrogen-bond acceptors (Lipinski definition) is 4. The lowest BCUT2D eigenvalue weighted by Gasteiger charge is -2.11. The Morgan fingerprint density at radius 1 is 1.54 bits per heavy atom. The molecule has 74 valence electrons. The predicted octanol–water partition coefficient (Wildman–Crippen LogP) is -1.14. The van der Waals surface area contributed by atoms with Gasteiger partial charge >= 0.3 is 0 Å². The fraction of sp³-hybridized carbons (Fsp3) is 0.625. The molecule has 0 spiro atoms. The van der Waals surface area contributed by atoms with Crippen molar-refractivity contribution in [2.75, 3.05) is 13.2 Å². The van der Waals surface area contributed by atoms with Gasteiger partial charge in [-0.15, -0.1) is 0 Å². The summed E-state index contributed by atoms with van der Waals surface area (Å²) in [6.07, 6.45) is 1.85. The molecule has 1 aromatic heterocycles. The van der Waals surface area contributed by atoms with Crippen molar-refractivity contribution in [3.63, 3.8) is 0 Å². The summed E-state index contributed by atoms with van der Waals surface area (Å²) in [6.45, 7) is 0.430. The van der Waals surface area contributed by atoms with Crippen molar-refractivity contribution in [1.29, 1.82) is 0 Å². The summed E-state index contributed by atoms with van der Waals surface area (Å²) < 4.78 is 1.71. The summed E-state index contributed by atoms with van der Waals surface area (Å²) in [5.41, 5.74) is 0.898. The monoisotopic (exact) mass is 185 g/mol. The van der Waals surface area contributed by atoms with Gasteiger partial charge in [-0.2, -0.15) is 5.10 Å². The molecule has 0 aliphatic heterocycles. The van der Waals surface area contributed by atoms with Crippen molar-refractivity contribution in [2.24, 2.45) is 7.05 Å². The molecule has 0 radical (unpaired) electrons. The van der Waals surface area contributed by atoms with Gasteiger partial charge in [0.25, 0.3) is 0 Å². The van der Waals surface area contributed by atoms with Crippen LogP contribution in [0.5, 0.6) is 0 Å². The van der Waals surface area contributed by atoms with Crippen LogP contribution in [0.15, 0.2) is 12.3 Å². The molecule has 0 atom stereocenters. The van der Waals surface area contributed by atoms with Gasteiger partial charge in [0.1, 0.15) is 0 Å². The molecule has 1 aromatic rings. The average Bonchev–Trinajstić information content (AvgIpc) is 2.53. The van der Waals surface area contributed by atoms with Gasteiger partial charge in [-0.25, -0.2) is 0 Å². The van der Waals surface area contributed by atoms with E-state index in [1.807, 2.05) is 19.3 Å². The number of aromatic nitrogens is 2. The normalized spacial score (nSPS) is 11.1. The lowest BCUT2D eigenvalue weighted by atomic mass is 10.3. The zero-order valence-corrected chi connectivity index (χ0v) is 7.64. The van der Waals surface area contributed by atoms with E-state index in [-0.39, 0.29) is 19.3 Å². The lowest BCUT2D eigenvalue weighted by molar-refractivity contribution is 0.170. The molecule has 0 bridgehead atoms. The van der Waals surface area contributed by atoms with Crippen LogP contribution in [-0.2, 0) is 13.6 Å². The van der Waals surface area contributed by atoms with Crippen LogP contribution in [0.3, 0.4) is 0 Å². The number of aryl methyl sites for hydroxylation is 1. The second-order valence-electron chi connectivity index (χ2n) is 2.92. The molecule has 0 saturated heterocycles. The first-order chi connectivity index (χ1) is 6.26. The highest BCUT2D eigenvalue weighted by Crippen LogP contribution is 1.93. The minimum absolute atomic E-state index is 0.0661. The van der Waals surface area contributed by atoms with E-state index in [9.17, 15) is 0 Å². The SMILES string of the molecule is Cn1ccc(CNC(CO)CO)n1. The van der Waals surface area contributed by atoms with Crippen LogP contribution in [0.25, 0.3) is 0 Å². The number of hydrogen-bond donors (Lipinski definition) is 3. The molecule has 0 unspecified atom stereocenters. The van der Waals surface area contributed by atoms with Gasteiger partial charge in [-0.3, -0.25) is 4.68 Å². The van der Waals surface area contributed by atoms with Crippen molar-refractivity contribution < 1.29 is 10.2 Å². The van der Waals surface area contributed by atoms with Crippen molar-refractivity contribution in [3.05, 3.63) is 18.0 Å². The van der Waals surface area contributed by atoms with E-state index in [0.717, 1.165) is 5.69 Å². The Bertz CT molecular complexity index is 245. The van der Waals surface area contributed by atoms with Crippen LogP contribution in [0.4, 0.5) is 0 Å². The fourth-order valence-electron chi connectivity index (χ4n) is 0.993. The molecule has 5 nitrogen and oxygen atoms in total. The molecule has 0 aliphatic carbocycles. The standard InChI is InChI=1S/C8H15N3O2/c1-11-3-2-7(10-11)4-9-8(5-12)6-13/h2-3,8-9,12-13H,4-6H2,1H3. The molecule has 3 N–H and O–H groups in total. The molecule has 0 amide bonds. The van der Waals surface area contributed by atoms with Gasteiger partial charge < -0.3 is 15.5 Å². The lowest BCUT2D eigenvalue weighted by Crippen LogP contribution is -2.35. The first kappa shape index (κ1) is 10.2. The number of aliphatic hydroxyl groups excluding tert-OH is 2. The highest BCUT2D eigenvalue weighted by Gasteiger charge is 2.04. The summed E-state index contributed by atoms with van der Waals surface area (Å²) >= 11 is 0. The van der Waals surface area contributed by atoms with Gasteiger partial charge in [-0.1, -0.05) is 0 Å². The molecular formula is C8H15N3O2. The van der Waals surface area contributed by atoms with E-state index in [2.05, 4.69) is 10.4 Å². The molecule has 1 rings (SSSR count). The highest BCUT2D eigenvalue weighted by molar-refractivity contribution is 4.98. The second-order valence-corrected chi connectivity index (χ2v) is 2.92. The Morgan fingerprint density at radius 3 is 2.69 bits per heavy atom. The Kier molecular flexibility index (Phi) is 3.88. The Hall–Kier alpha value is -0.910. The third kappa shape index (κ3) is 3.14. The summed E-state index contributed by atoms with van der Waals surface area (Å²) in [4.78, 5) is 0. The maximum atomic E-state index is 8.76. The molecule has 0 fully saturated rings. The van der Waals surface area contributed by atoms with Gasteiger partial charge in [0.15, 0.2) is 0 Å². The quantitative estimate of drug-likeness (QED) is 0.542. The molecule has 13 heavy (non-hydrogen) atoms. The number of nitrogens with one attached hydrogen (secondary N) is 1. The topological polar surface area (TPSA) is 70.3 Å². The Balaban J connectivity index is 2.33. The molecule has 0 aliphatic rings. The summed E-state index contributed by atoms with van der Waals surface area (Å²) in [5.74, 6) is 0. The minimum atomic E-state index is -0.262. The first-order valence-corrected chi connectivity index (χ1v) is 4.20. The fourth-order valence-corrected chi connectivity index (χ4v) is 0.993. The van der Waals surface area contributed by atoms with Crippen LogP contribution in [-0.4, -0.2) is 39.2 Å². The number of nitrogens with zero attached hydrogens (tertiary/aromatic N) is 2. The van der Waals surface area contributed by atoms with Crippen molar-refractivity contribution >= 4 is 0 Å². The predicted molar refractivity (Wildman–Crippen MR) is 48.0 cm³/mol. The molecule has 5 heteroatoms. The second kappa shape index (κ2) is 4.96. The van der Waals surface area contributed by atoms with Crippen LogP contribution >= 0.6 is 0 Å². The average molecular weight is 185 g/mol. The molecule has 0 saturated carbocycles. The summed E-state index contributed by atoms with van der Waals surface area (Å²) in [7, 11) is 1.85. The largest absolute Gasteiger partial charge is 0.395 e. The van der Waals surface area contributed by atoms with Gasteiger partial charge in [0.05, 0.1) is 24.9 Å². The maximum absolute atomic E-state index is 8.76. The minimum Gasteiger partial charge on any atom is -0.395 e. The van der Waals surface area contributed by atoms with E-state index in [4.69, 9.17) is 10.2 Å². The molecular weight excluding hydrogens is 170 g/mol. The molecule has 0 aromatic carbocycles. The third-order valence-corrected chi connectivity index (χ3v) is 1.78. The van der Waals surface area contributed by atoms with Crippen molar-refractivity contribution in [1.82, 2.24) is 15.1 Å². The van der Waals surface area contributed by atoms with Crippen LogP contribution < -0.4 is 5.32 Å². The van der Waals surface area contributed by atoms with Crippen molar-refractivity contribution in [3.8, 4) is 0 Å². The van der Waals surface area contributed by atoms with Crippen LogP contribution in [0.1, 0.15) is 5.69 Å². The van der Waals surface area contributed by atoms with E-state index >= 15 is 0 Å². The van der Waals surface area contributed by atoms with Gasteiger partial charge in [-0.05, 0) is 6.07 Å². The Morgan fingerprint density at radius 2 is 2.23 bits per heavy atom. The summed E-state index contributed by atoms with van der Waals surface area (Å²) in [5, 5.41) is 24.6. The van der Waals surface area contributed by atoms with E-state index in [0.29, 0.717) is 6.54 Å². The number of rotatable bonds is 5. The maximum Gasteiger partial charge on any atom is 0.0762 e. The van der Waals surface area contributed by atoms with E-state index in [1.54, 1.807) is 4.68 Å². The van der Waals surface area contributed by atoms with Crippen LogP contribution in [0.2, 0.25) is 0 Å². The molecule has 1 heterocycles. The zero-order valence-electron chi connectivity index (χ0n) is 7.64. The van der Waals surface area contributed by atoms with E-state index < -0.39 is 0 Å². The highest BCUT2D eigenvalue weighted by atomic mass is 16.3. The Labute approximate surface area is 77.0 Å². The number of aliphatic hydroxyl groups is 2. The summed E-state index contributed by atoms with van der Waals surface area (Å²) in [6, 6.07) is 1.63. The first-order valence-electron chi connectivity index (χ1n) is 4.20. The van der Waals surface area contributed by atoms with E-state index in [1.165, 1.54) is 0 Å². The van der Waals surface area contributed by atoms with Gasteiger partial charge in [0.2, 0.25) is 0 Å². The zero-order chi connectivity index (χ0) is 9.68. The van der Waals surface area contributed by atoms with Crippen LogP contribution in [0, 0.1) is 0 Å². The van der Waals surface area contributed by atoms with Gasteiger partial charge in [0, 0.05) is 19.8 Å².